The van der Waals surface area contributed by atoms with Crippen LogP contribution in [0.25, 0.3) is 0 Å². The van der Waals surface area contributed by atoms with E-state index in [-0.39, 0.29) is 23.0 Å². The molecule has 0 aliphatic heterocycles. The quantitative estimate of drug-likeness (QED) is 0.538. The number of benzene rings is 1. The lowest BCUT2D eigenvalue weighted by Crippen LogP contribution is -2.54. The Morgan fingerprint density at radius 3 is 2.44 bits per heavy atom. The minimum Gasteiger partial charge on any atom is -0.389 e. The number of rotatable bonds is 1. The second kappa shape index (κ2) is 7.94. The molecule has 0 bridgehead atoms. The zero-order chi connectivity index (χ0) is 24.5. The van der Waals surface area contributed by atoms with Gasteiger partial charge in [0.2, 0.25) is 0 Å². The summed E-state index contributed by atoms with van der Waals surface area (Å²) < 4.78 is 0. The van der Waals surface area contributed by atoms with Crippen LogP contribution in [0.4, 0.5) is 0 Å². The predicted octanol–water partition coefficient (Wildman–Crippen LogP) is 5.61. The summed E-state index contributed by atoms with van der Waals surface area (Å²) in [6.07, 6.45) is 5.66. The third-order valence-electron chi connectivity index (χ3n) is 9.45. The lowest BCUT2D eigenvalue weighted by molar-refractivity contribution is -0.114. The highest BCUT2D eigenvalue weighted by Gasteiger charge is 2.66. The van der Waals surface area contributed by atoms with Crippen LogP contribution < -0.4 is 0 Å². The third-order valence-corrected chi connectivity index (χ3v) is 9.45. The molecule has 6 atom stereocenters. The Bertz CT molecular complexity index is 1140. The predicted molar refractivity (Wildman–Crippen MR) is 135 cm³/mol. The second-order valence-corrected chi connectivity index (χ2v) is 12.3. The highest BCUT2D eigenvalue weighted by Crippen LogP contribution is 2.66. The standard InChI is InChI=1S/C31H38O3/c1-6-15-31(34)27(33)17-26-24-13-9-20-16-22(32)12-14-23(20)28(24)25(18-30(26,31)5)19-7-10-21(11-8-19)29(2,3)4/h7-8,10-11,16,24-27,33-34H,9,12-14,17-18H2,1-5H3/t24-,25+,26-,27+,30-,31-/m0/s1. The molecule has 180 valence electrons. The molecule has 1 aromatic rings. The third kappa shape index (κ3) is 3.37. The van der Waals surface area contributed by atoms with Crippen molar-refractivity contribution < 1.29 is 15.0 Å². The van der Waals surface area contributed by atoms with Gasteiger partial charge in [-0.25, -0.2) is 0 Å². The van der Waals surface area contributed by atoms with Crippen LogP contribution in [-0.2, 0) is 10.2 Å². The van der Waals surface area contributed by atoms with Crippen LogP contribution in [0.3, 0.4) is 0 Å². The topological polar surface area (TPSA) is 57.5 Å². The van der Waals surface area contributed by atoms with Crippen molar-refractivity contribution in [3.63, 3.8) is 0 Å². The number of ketones is 1. The molecule has 0 unspecified atom stereocenters. The average Bonchev–Trinajstić information content (AvgIpc) is 2.98. The van der Waals surface area contributed by atoms with Crippen LogP contribution >= 0.6 is 0 Å². The maximum atomic E-state index is 12.2. The number of fused-ring (bicyclic) bond motifs is 4. The number of allylic oxidation sites excluding steroid dienone is 4. The second-order valence-electron chi connectivity index (χ2n) is 12.3. The summed E-state index contributed by atoms with van der Waals surface area (Å²) in [5, 5.41) is 22.9. The fourth-order valence-electron chi connectivity index (χ4n) is 7.61. The SMILES string of the molecule is CC#C[C@]1(O)[C@H](O)C[C@H]2[C@@H]3CCC4=CC(=O)CCC4=C3[C@@H](c3ccc(C(C)(C)C)cc3)C[C@@]21C. The van der Waals surface area contributed by atoms with E-state index in [4.69, 9.17) is 0 Å². The Morgan fingerprint density at radius 2 is 1.79 bits per heavy atom. The van der Waals surface area contributed by atoms with E-state index in [2.05, 4.69) is 63.8 Å². The average molecular weight is 459 g/mol. The van der Waals surface area contributed by atoms with Gasteiger partial charge in [0, 0.05) is 17.8 Å². The van der Waals surface area contributed by atoms with Crippen LogP contribution in [0, 0.1) is 29.1 Å². The molecule has 5 rings (SSSR count). The summed E-state index contributed by atoms with van der Waals surface area (Å²) >= 11 is 0. The summed E-state index contributed by atoms with van der Waals surface area (Å²) in [5.41, 5.74) is 4.85. The molecule has 0 amide bonds. The zero-order valence-corrected chi connectivity index (χ0v) is 21.2. The Balaban J connectivity index is 1.68. The normalized spacial score (nSPS) is 37.3. The summed E-state index contributed by atoms with van der Waals surface area (Å²) in [6, 6.07) is 9.02. The smallest absolute Gasteiger partial charge is 0.156 e. The zero-order valence-electron chi connectivity index (χ0n) is 21.2. The van der Waals surface area contributed by atoms with Gasteiger partial charge in [-0.2, -0.15) is 0 Å². The lowest BCUT2D eigenvalue weighted by atomic mass is 9.51. The first-order chi connectivity index (χ1) is 16.0. The Labute approximate surface area is 204 Å². The fourth-order valence-corrected chi connectivity index (χ4v) is 7.61. The van der Waals surface area contributed by atoms with Crippen molar-refractivity contribution in [3.8, 4) is 11.8 Å². The molecule has 0 saturated heterocycles. The van der Waals surface area contributed by atoms with E-state index in [0.29, 0.717) is 18.8 Å². The summed E-state index contributed by atoms with van der Waals surface area (Å²) in [4.78, 5) is 12.2. The van der Waals surface area contributed by atoms with Crippen LogP contribution in [-0.4, -0.2) is 27.7 Å². The van der Waals surface area contributed by atoms with Gasteiger partial charge in [0.25, 0.3) is 0 Å². The maximum absolute atomic E-state index is 12.2. The number of hydrogen-bond acceptors (Lipinski definition) is 3. The Hall–Kier alpha value is -2.15. The molecule has 3 heteroatoms. The van der Waals surface area contributed by atoms with Gasteiger partial charge < -0.3 is 10.2 Å². The molecular weight excluding hydrogens is 420 g/mol. The number of aliphatic hydroxyl groups excluding tert-OH is 1. The fraction of sp³-hybridized carbons (Fsp3) is 0.581. The molecule has 4 aliphatic rings. The molecule has 2 saturated carbocycles. The number of carbonyl (C=O) groups is 1. The molecule has 0 radical (unpaired) electrons. The molecule has 2 fully saturated rings. The Kier molecular flexibility index (Phi) is 5.51. The summed E-state index contributed by atoms with van der Waals surface area (Å²) in [6.45, 7) is 10.6. The lowest BCUT2D eigenvalue weighted by Gasteiger charge is -2.53. The van der Waals surface area contributed by atoms with Crippen molar-refractivity contribution in [1.82, 2.24) is 0 Å². The first-order valence-corrected chi connectivity index (χ1v) is 12.9. The largest absolute Gasteiger partial charge is 0.389 e. The minimum atomic E-state index is -1.40. The van der Waals surface area contributed by atoms with Gasteiger partial charge in [0.15, 0.2) is 11.4 Å². The van der Waals surface area contributed by atoms with Gasteiger partial charge in [-0.1, -0.05) is 63.5 Å². The first-order valence-electron chi connectivity index (χ1n) is 12.9. The first kappa shape index (κ1) is 23.6. The van der Waals surface area contributed by atoms with E-state index in [1.165, 1.54) is 27.8 Å². The van der Waals surface area contributed by atoms with Crippen LogP contribution in [0.1, 0.15) is 90.2 Å². The number of hydrogen-bond donors (Lipinski definition) is 2. The van der Waals surface area contributed by atoms with E-state index in [1.807, 2.05) is 6.08 Å². The summed E-state index contributed by atoms with van der Waals surface area (Å²) in [7, 11) is 0. The monoisotopic (exact) mass is 458 g/mol. The van der Waals surface area contributed by atoms with Crippen LogP contribution in [0.2, 0.25) is 0 Å². The molecule has 4 aliphatic carbocycles. The number of carbonyl (C=O) groups excluding carboxylic acids is 1. The minimum absolute atomic E-state index is 0.0869. The molecular formula is C31H38O3. The van der Waals surface area contributed by atoms with Gasteiger partial charge in [-0.05, 0) is 84.6 Å². The van der Waals surface area contributed by atoms with Gasteiger partial charge in [0.1, 0.15) is 0 Å². The molecule has 2 N–H and O–H groups in total. The molecule has 0 aromatic heterocycles. The van der Waals surface area contributed by atoms with Gasteiger partial charge >= 0.3 is 0 Å². The van der Waals surface area contributed by atoms with E-state index < -0.39 is 17.1 Å². The van der Waals surface area contributed by atoms with Gasteiger partial charge in [-0.3, -0.25) is 4.79 Å². The van der Waals surface area contributed by atoms with Crippen molar-refractivity contribution in [2.75, 3.05) is 0 Å². The van der Waals surface area contributed by atoms with Crippen molar-refractivity contribution in [2.45, 2.75) is 96.2 Å². The van der Waals surface area contributed by atoms with E-state index in [9.17, 15) is 15.0 Å². The van der Waals surface area contributed by atoms with E-state index in [0.717, 1.165) is 25.7 Å². The molecule has 0 spiro atoms. The highest BCUT2D eigenvalue weighted by atomic mass is 16.3. The van der Waals surface area contributed by atoms with Crippen LogP contribution in [0.5, 0.6) is 0 Å². The molecule has 3 nitrogen and oxygen atoms in total. The summed E-state index contributed by atoms with van der Waals surface area (Å²) in [5.74, 6) is 6.85. The molecule has 0 heterocycles. The van der Waals surface area contributed by atoms with E-state index in [1.54, 1.807) is 6.92 Å². The van der Waals surface area contributed by atoms with Crippen molar-refractivity contribution >= 4 is 5.78 Å². The number of aliphatic hydroxyl groups is 2. The molecule has 1 aromatic carbocycles. The van der Waals surface area contributed by atoms with Crippen molar-refractivity contribution in [3.05, 3.63) is 58.2 Å². The van der Waals surface area contributed by atoms with Gasteiger partial charge in [0.05, 0.1) is 6.10 Å². The molecule has 34 heavy (non-hydrogen) atoms. The van der Waals surface area contributed by atoms with Gasteiger partial charge in [-0.15, -0.1) is 5.92 Å². The van der Waals surface area contributed by atoms with Crippen molar-refractivity contribution in [2.24, 2.45) is 17.3 Å². The maximum Gasteiger partial charge on any atom is 0.156 e. The Morgan fingerprint density at radius 1 is 1.09 bits per heavy atom. The van der Waals surface area contributed by atoms with E-state index >= 15 is 0 Å². The van der Waals surface area contributed by atoms with Crippen molar-refractivity contribution in [1.29, 1.82) is 0 Å². The van der Waals surface area contributed by atoms with Crippen LogP contribution in [0.15, 0.2) is 47.1 Å². The highest BCUT2D eigenvalue weighted by molar-refractivity contribution is 5.93.